The van der Waals surface area contributed by atoms with Gasteiger partial charge in [0.25, 0.3) is 5.91 Å². The van der Waals surface area contributed by atoms with Crippen LogP contribution in [0.4, 0.5) is 0 Å². The molecule has 2 amide bonds. The molecule has 0 unspecified atom stereocenters. The first kappa shape index (κ1) is 18.8. The number of para-hydroxylation sites is 1. The highest BCUT2D eigenvalue weighted by molar-refractivity contribution is 5.98. The molecule has 2 heterocycles. The Morgan fingerprint density at radius 3 is 2.63 bits per heavy atom. The Hall–Kier alpha value is -2.93. The van der Waals surface area contributed by atoms with Crippen LogP contribution in [0.3, 0.4) is 0 Å². The number of aromatic nitrogens is 1. The molecule has 1 aliphatic heterocycles. The molecule has 7 nitrogen and oxygen atoms in total. The molecule has 2 atom stereocenters. The number of carbonyl (C=O) groups is 2. The van der Waals surface area contributed by atoms with Crippen molar-refractivity contribution in [3.63, 3.8) is 0 Å². The Balaban J connectivity index is 1.74. The van der Waals surface area contributed by atoms with Crippen molar-refractivity contribution in [2.45, 2.75) is 18.6 Å². The summed E-state index contributed by atoms with van der Waals surface area (Å²) in [6, 6.07) is 12.1. The van der Waals surface area contributed by atoms with E-state index in [2.05, 4.69) is 10.3 Å². The van der Waals surface area contributed by atoms with Crippen molar-refractivity contribution >= 4 is 11.8 Å². The first-order valence-corrected chi connectivity index (χ1v) is 8.88. The van der Waals surface area contributed by atoms with Crippen molar-refractivity contribution in [1.82, 2.24) is 15.2 Å². The predicted octanol–water partition coefficient (Wildman–Crippen LogP) is 1.51. The summed E-state index contributed by atoms with van der Waals surface area (Å²) in [7, 11) is 1.57. The minimum atomic E-state index is -0.587. The van der Waals surface area contributed by atoms with Gasteiger partial charge in [-0.15, -0.1) is 0 Å². The van der Waals surface area contributed by atoms with E-state index in [1.54, 1.807) is 36.5 Å². The quantitative estimate of drug-likeness (QED) is 0.748. The van der Waals surface area contributed by atoms with Gasteiger partial charge in [0.2, 0.25) is 5.91 Å². The smallest absolute Gasteiger partial charge is 0.254 e. The first-order chi connectivity index (χ1) is 13.2. The van der Waals surface area contributed by atoms with E-state index in [4.69, 9.17) is 9.47 Å². The van der Waals surface area contributed by atoms with E-state index in [0.717, 1.165) is 5.75 Å². The molecule has 3 rings (SSSR count). The highest BCUT2D eigenvalue weighted by atomic mass is 16.5. The number of nitrogens with one attached hydrogen (secondary N) is 1. The van der Waals surface area contributed by atoms with Crippen LogP contribution in [-0.2, 0) is 9.53 Å². The Morgan fingerprint density at radius 2 is 1.93 bits per heavy atom. The average molecular weight is 369 g/mol. The van der Waals surface area contributed by atoms with E-state index in [-0.39, 0.29) is 17.9 Å². The molecule has 1 fully saturated rings. The molecule has 1 saturated heterocycles. The van der Waals surface area contributed by atoms with Crippen LogP contribution in [0.5, 0.6) is 5.75 Å². The molecule has 1 aromatic carbocycles. The summed E-state index contributed by atoms with van der Waals surface area (Å²) in [5, 5.41) is 2.82. The third kappa shape index (κ3) is 4.83. The highest BCUT2D eigenvalue weighted by Crippen LogP contribution is 2.25. The number of ether oxygens (including phenoxy) is 2. The van der Waals surface area contributed by atoms with Gasteiger partial charge in [0.1, 0.15) is 17.9 Å². The molecule has 2 aromatic rings. The second kappa shape index (κ2) is 9.14. The van der Waals surface area contributed by atoms with Crippen molar-refractivity contribution in [2.75, 3.05) is 26.8 Å². The fraction of sp³-hybridized carbons (Fsp3) is 0.350. The lowest BCUT2D eigenvalue weighted by Crippen LogP contribution is -2.46. The summed E-state index contributed by atoms with van der Waals surface area (Å²) in [6.07, 6.45) is 3.31. The van der Waals surface area contributed by atoms with Crippen molar-refractivity contribution < 1.29 is 19.1 Å². The lowest BCUT2D eigenvalue weighted by Gasteiger charge is -2.23. The zero-order valence-electron chi connectivity index (χ0n) is 15.2. The summed E-state index contributed by atoms with van der Waals surface area (Å²) in [5.74, 6) is 0.316. The first-order valence-electron chi connectivity index (χ1n) is 8.88. The molecule has 0 bridgehead atoms. The van der Waals surface area contributed by atoms with Crippen LogP contribution < -0.4 is 10.1 Å². The maximum Gasteiger partial charge on any atom is 0.254 e. The molecular formula is C20H23N3O4. The van der Waals surface area contributed by atoms with Gasteiger partial charge in [0, 0.05) is 38.0 Å². The molecule has 27 heavy (non-hydrogen) atoms. The van der Waals surface area contributed by atoms with E-state index >= 15 is 0 Å². The van der Waals surface area contributed by atoms with Gasteiger partial charge in [0.15, 0.2) is 0 Å². The zero-order chi connectivity index (χ0) is 19.1. The van der Waals surface area contributed by atoms with Crippen molar-refractivity contribution in [3.05, 3.63) is 60.4 Å². The SMILES string of the molecule is COCCNC(=O)[C@@H]1C[C@H](Oc2ccccc2)CN1C(=O)c1ccncc1. The van der Waals surface area contributed by atoms with E-state index in [0.29, 0.717) is 31.7 Å². The van der Waals surface area contributed by atoms with E-state index in [9.17, 15) is 9.59 Å². The molecule has 1 aliphatic rings. The minimum Gasteiger partial charge on any atom is -0.488 e. The topological polar surface area (TPSA) is 80.8 Å². The highest BCUT2D eigenvalue weighted by Gasteiger charge is 2.40. The van der Waals surface area contributed by atoms with Crippen LogP contribution >= 0.6 is 0 Å². The van der Waals surface area contributed by atoms with Crippen LogP contribution in [0, 0.1) is 0 Å². The van der Waals surface area contributed by atoms with Crippen LogP contribution in [0.25, 0.3) is 0 Å². The van der Waals surface area contributed by atoms with E-state index in [1.165, 1.54) is 0 Å². The fourth-order valence-electron chi connectivity index (χ4n) is 3.10. The predicted molar refractivity (Wildman–Crippen MR) is 99.4 cm³/mol. The number of hydrogen-bond acceptors (Lipinski definition) is 5. The number of benzene rings is 1. The Bertz CT molecular complexity index is 754. The minimum absolute atomic E-state index is 0.200. The fourth-order valence-corrected chi connectivity index (χ4v) is 3.10. The van der Waals surface area contributed by atoms with E-state index < -0.39 is 6.04 Å². The summed E-state index contributed by atoms with van der Waals surface area (Å²) in [5.41, 5.74) is 0.500. The van der Waals surface area contributed by atoms with Crippen LogP contribution in [-0.4, -0.2) is 60.7 Å². The number of hydrogen-bond donors (Lipinski definition) is 1. The molecule has 1 N–H and O–H groups in total. The molecule has 0 radical (unpaired) electrons. The normalized spacial score (nSPS) is 18.9. The molecule has 7 heteroatoms. The summed E-state index contributed by atoms with van der Waals surface area (Å²) < 4.78 is 11.0. The molecule has 1 aromatic heterocycles. The number of methoxy groups -OCH3 is 1. The van der Waals surface area contributed by atoms with Crippen molar-refractivity contribution in [1.29, 1.82) is 0 Å². The lowest BCUT2D eigenvalue weighted by molar-refractivity contribution is -0.125. The van der Waals surface area contributed by atoms with Gasteiger partial charge in [-0.1, -0.05) is 18.2 Å². The standard InChI is InChI=1S/C20H23N3O4/c1-26-12-11-22-19(24)18-13-17(27-16-5-3-2-4-6-16)14-23(18)20(25)15-7-9-21-10-8-15/h2-10,17-18H,11-14H2,1H3,(H,22,24)/t17-,18-/m0/s1. The largest absolute Gasteiger partial charge is 0.488 e. The van der Waals surface area contributed by atoms with Gasteiger partial charge in [-0.2, -0.15) is 0 Å². The number of nitrogens with zero attached hydrogens (tertiary/aromatic N) is 2. The van der Waals surface area contributed by atoms with Gasteiger partial charge >= 0.3 is 0 Å². The van der Waals surface area contributed by atoms with Gasteiger partial charge < -0.3 is 19.7 Å². The summed E-state index contributed by atoms with van der Waals surface area (Å²) in [6.45, 7) is 1.16. The second-order valence-electron chi connectivity index (χ2n) is 6.28. The lowest BCUT2D eigenvalue weighted by atomic mass is 10.1. The third-order valence-corrected chi connectivity index (χ3v) is 4.40. The van der Waals surface area contributed by atoms with Crippen molar-refractivity contribution in [3.8, 4) is 5.75 Å². The van der Waals surface area contributed by atoms with Crippen LogP contribution in [0.2, 0.25) is 0 Å². The summed E-state index contributed by atoms with van der Waals surface area (Å²) >= 11 is 0. The number of likely N-dealkylation sites (tertiary alicyclic amines) is 1. The second-order valence-corrected chi connectivity index (χ2v) is 6.28. The van der Waals surface area contributed by atoms with E-state index in [1.807, 2.05) is 30.3 Å². The summed E-state index contributed by atoms with van der Waals surface area (Å²) in [4.78, 5) is 31.1. The molecular weight excluding hydrogens is 346 g/mol. The number of amides is 2. The van der Waals surface area contributed by atoms with Crippen LogP contribution in [0.15, 0.2) is 54.9 Å². The number of pyridine rings is 1. The van der Waals surface area contributed by atoms with Gasteiger partial charge in [0.05, 0.1) is 13.2 Å². The van der Waals surface area contributed by atoms with Gasteiger partial charge in [-0.25, -0.2) is 0 Å². The Morgan fingerprint density at radius 1 is 1.19 bits per heavy atom. The maximum atomic E-state index is 12.9. The van der Waals surface area contributed by atoms with Crippen LogP contribution in [0.1, 0.15) is 16.8 Å². The average Bonchev–Trinajstić information content (AvgIpc) is 3.13. The van der Waals surface area contributed by atoms with Gasteiger partial charge in [-0.3, -0.25) is 14.6 Å². The number of rotatable bonds is 7. The Labute approximate surface area is 158 Å². The van der Waals surface area contributed by atoms with Crippen molar-refractivity contribution in [2.24, 2.45) is 0 Å². The zero-order valence-corrected chi connectivity index (χ0v) is 15.2. The molecule has 0 aliphatic carbocycles. The van der Waals surface area contributed by atoms with Gasteiger partial charge in [-0.05, 0) is 24.3 Å². The number of carbonyl (C=O) groups excluding carboxylic acids is 2. The molecule has 142 valence electrons. The maximum absolute atomic E-state index is 12.9. The molecule has 0 saturated carbocycles. The third-order valence-electron chi connectivity index (χ3n) is 4.40. The molecule has 0 spiro atoms. The monoisotopic (exact) mass is 369 g/mol. The Kier molecular flexibility index (Phi) is 6.38.